The van der Waals surface area contributed by atoms with Crippen LogP contribution in [0.15, 0.2) is 12.1 Å². The van der Waals surface area contributed by atoms with Gasteiger partial charge in [0.2, 0.25) is 5.91 Å². The number of nitrogens with zero attached hydrogens (tertiary/aromatic N) is 1. The Hall–Kier alpha value is -2.05. The molecule has 0 radical (unpaired) electrons. The van der Waals surface area contributed by atoms with Gasteiger partial charge < -0.3 is 10.0 Å². The number of carbonyl (C=O) groups excluding carboxylic acids is 1. The van der Waals surface area contributed by atoms with Crippen molar-refractivity contribution in [1.29, 1.82) is 0 Å². The molecule has 0 aliphatic heterocycles. The molecule has 1 atom stereocenters. The third-order valence-electron chi connectivity index (χ3n) is 2.74. The number of amides is 1. The molecule has 20 heavy (non-hydrogen) atoms. The van der Waals surface area contributed by atoms with E-state index in [4.69, 9.17) is 0 Å². The topological polar surface area (TPSA) is 57.6 Å². The summed E-state index contributed by atoms with van der Waals surface area (Å²) in [7, 11) is 0. The predicted molar refractivity (Wildman–Crippen MR) is 64.4 cm³/mol. The number of carbonyl (C=O) groups is 2. The first kappa shape index (κ1) is 16.0. The zero-order valence-corrected chi connectivity index (χ0v) is 11.0. The number of hydrogen-bond donors (Lipinski definition) is 1. The third kappa shape index (κ3) is 3.28. The zero-order valence-electron chi connectivity index (χ0n) is 11.0. The maximum Gasteiger partial charge on any atom is 0.331 e. The SMILES string of the molecule is CCCN(C(C)=O)C(C(=O)O)c1cc(F)c(F)c(F)c1. The Kier molecular flexibility index (Phi) is 5.12. The van der Waals surface area contributed by atoms with E-state index in [1.54, 1.807) is 6.92 Å². The smallest absolute Gasteiger partial charge is 0.331 e. The van der Waals surface area contributed by atoms with Gasteiger partial charge >= 0.3 is 5.97 Å². The molecule has 4 nitrogen and oxygen atoms in total. The van der Waals surface area contributed by atoms with E-state index in [1.807, 2.05) is 0 Å². The normalized spacial score (nSPS) is 12.1. The van der Waals surface area contributed by atoms with Gasteiger partial charge in [0, 0.05) is 13.5 Å². The molecule has 0 spiro atoms. The van der Waals surface area contributed by atoms with Crippen molar-refractivity contribution in [3.63, 3.8) is 0 Å². The van der Waals surface area contributed by atoms with Gasteiger partial charge in [-0.25, -0.2) is 18.0 Å². The molecule has 7 heteroatoms. The molecule has 0 saturated carbocycles. The number of carboxylic acid groups (broad SMARTS) is 1. The summed E-state index contributed by atoms with van der Waals surface area (Å²) in [5.41, 5.74) is -0.322. The molecule has 0 heterocycles. The number of halogens is 3. The van der Waals surface area contributed by atoms with Crippen LogP contribution in [0.4, 0.5) is 13.2 Å². The summed E-state index contributed by atoms with van der Waals surface area (Å²) in [5, 5.41) is 9.19. The van der Waals surface area contributed by atoms with Gasteiger partial charge in [-0.1, -0.05) is 6.92 Å². The van der Waals surface area contributed by atoms with E-state index < -0.39 is 35.4 Å². The van der Waals surface area contributed by atoms with Crippen molar-refractivity contribution in [2.24, 2.45) is 0 Å². The van der Waals surface area contributed by atoms with Gasteiger partial charge in [-0.2, -0.15) is 0 Å². The Morgan fingerprint density at radius 1 is 1.25 bits per heavy atom. The van der Waals surface area contributed by atoms with Crippen LogP contribution < -0.4 is 0 Å². The average molecular weight is 289 g/mol. The van der Waals surface area contributed by atoms with Crippen LogP contribution >= 0.6 is 0 Å². The summed E-state index contributed by atoms with van der Waals surface area (Å²) in [4.78, 5) is 23.8. The summed E-state index contributed by atoms with van der Waals surface area (Å²) in [6, 6.07) is -0.386. The molecule has 1 rings (SSSR count). The van der Waals surface area contributed by atoms with Crippen molar-refractivity contribution in [3.8, 4) is 0 Å². The molecule has 0 aliphatic rings. The number of hydrogen-bond acceptors (Lipinski definition) is 2. The van der Waals surface area contributed by atoms with E-state index in [-0.39, 0.29) is 12.1 Å². The lowest BCUT2D eigenvalue weighted by atomic mass is 10.0. The maximum absolute atomic E-state index is 13.2. The monoisotopic (exact) mass is 289 g/mol. The van der Waals surface area contributed by atoms with Crippen LogP contribution in [0.5, 0.6) is 0 Å². The molecule has 110 valence electrons. The van der Waals surface area contributed by atoms with Gasteiger partial charge in [-0.15, -0.1) is 0 Å². The molecule has 0 bridgehead atoms. The molecule has 1 amide bonds. The highest BCUT2D eigenvalue weighted by molar-refractivity contribution is 5.83. The van der Waals surface area contributed by atoms with E-state index in [2.05, 4.69) is 0 Å². The molecular formula is C13H14F3NO3. The Morgan fingerprint density at radius 2 is 1.75 bits per heavy atom. The Bertz CT molecular complexity index is 511. The summed E-state index contributed by atoms with van der Waals surface area (Å²) in [6.07, 6.45) is 0.468. The minimum absolute atomic E-state index is 0.104. The predicted octanol–water partition coefficient (Wildman–Crippen LogP) is 2.49. The van der Waals surface area contributed by atoms with Crippen LogP contribution in [0.25, 0.3) is 0 Å². The first-order chi connectivity index (χ1) is 9.29. The lowest BCUT2D eigenvalue weighted by Gasteiger charge is -2.28. The molecule has 0 aliphatic carbocycles. The molecule has 1 aromatic carbocycles. The molecule has 0 fully saturated rings. The molecule has 0 aromatic heterocycles. The van der Waals surface area contributed by atoms with Gasteiger partial charge in [0.1, 0.15) is 0 Å². The van der Waals surface area contributed by atoms with E-state index in [0.717, 1.165) is 11.8 Å². The van der Waals surface area contributed by atoms with Crippen molar-refractivity contribution in [1.82, 2.24) is 4.90 Å². The maximum atomic E-state index is 13.2. The fourth-order valence-electron chi connectivity index (χ4n) is 1.90. The zero-order chi connectivity index (χ0) is 15.4. The standard InChI is InChI=1S/C13H14F3NO3/c1-3-4-17(7(2)18)12(13(19)20)8-5-9(14)11(16)10(15)6-8/h5-6,12H,3-4H2,1-2H3,(H,19,20). The highest BCUT2D eigenvalue weighted by Crippen LogP contribution is 2.25. The van der Waals surface area contributed by atoms with Gasteiger partial charge in [0.15, 0.2) is 23.5 Å². The highest BCUT2D eigenvalue weighted by Gasteiger charge is 2.30. The second-order valence-electron chi connectivity index (χ2n) is 4.25. The first-order valence-corrected chi connectivity index (χ1v) is 5.94. The fourth-order valence-corrected chi connectivity index (χ4v) is 1.90. The second-order valence-corrected chi connectivity index (χ2v) is 4.25. The fraction of sp³-hybridized carbons (Fsp3) is 0.385. The quantitative estimate of drug-likeness (QED) is 0.847. The van der Waals surface area contributed by atoms with Crippen molar-refractivity contribution >= 4 is 11.9 Å². The lowest BCUT2D eigenvalue weighted by molar-refractivity contribution is -0.149. The largest absolute Gasteiger partial charge is 0.479 e. The first-order valence-electron chi connectivity index (χ1n) is 5.94. The molecule has 1 unspecified atom stereocenters. The summed E-state index contributed by atoms with van der Waals surface area (Å²) >= 11 is 0. The Labute approximate surface area is 113 Å². The molecular weight excluding hydrogens is 275 g/mol. The van der Waals surface area contributed by atoms with E-state index in [0.29, 0.717) is 18.6 Å². The van der Waals surface area contributed by atoms with Crippen LogP contribution in [0, 0.1) is 17.5 Å². The lowest BCUT2D eigenvalue weighted by Crippen LogP contribution is -2.38. The number of carboxylic acids is 1. The van der Waals surface area contributed by atoms with Crippen LogP contribution in [0.3, 0.4) is 0 Å². The van der Waals surface area contributed by atoms with Crippen molar-refractivity contribution in [2.75, 3.05) is 6.54 Å². The number of rotatable bonds is 5. The highest BCUT2D eigenvalue weighted by atomic mass is 19.2. The van der Waals surface area contributed by atoms with Crippen molar-refractivity contribution in [3.05, 3.63) is 35.1 Å². The van der Waals surface area contributed by atoms with Gasteiger partial charge in [0.25, 0.3) is 0 Å². The summed E-state index contributed by atoms with van der Waals surface area (Å²) in [6.45, 7) is 2.98. The van der Waals surface area contributed by atoms with Crippen LogP contribution in [0.2, 0.25) is 0 Å². The number of benzene rings is 1. The van der Waals surface area contributed by atoms with Crippen molar-refractivity contribution < 1.29 is 27.9 Å². The van der Waals surface area contributed by atoms with Gasteiger partial charge in [0.05, 0.1) is 0 Å². The number of aliphatic carboxylic acids is 1. The van der Waals surface area contributed by atoms with Gasteiger partial charge in [-0.3, -0.25) is 4.79 Å². The van der Waals surface area contributed by atoms with E-state index in [9.17, 15) is 27.9 Å². The Morgan fingerprint density at radius 3 is 2.10 bits per heavy atom. The minimum atomic E-state index is -1.68. The van der Waals surface area contributed by atoms with Crippen LogP contribution in [0.1, 0.15) is 31.9 Å². The van der Waals surface area contributed by atoms with Crippen LogP contribution in [-0.2, 0) is 9.59 Å². The van der Waals surface area contributed by atoms with Gasteiger partial charge in [-0.05, 0) is 24.1 Å². The summed E-state index contributed by atoms with van der Waals surface area (Å²) < 4.78 is 39.3. The second kappa shape index (κ2) is 6.40. The van der Waals surface area contributed by atoms with E-state index >= 15 is 0 Å². The third-order valence-corrected chi connectivity index (χ3v) is 2.74. The molecule has 1 aromatic rings. The van der Waals surface area contributed by atoms with E-state index in [1.165, 1.54) is 0 Å². The molecule has 1 N–H and O–H groups in total. The average Bonchev–Trinajstić information content (AvgIpc) is 2.34. The summed E-state index contributed by atoms with van der Waals surface area (Å²) in [5.74, 6) is -6.66. The van der Waals surface area contributed by atoms with Crippen molar-refractivity contribution in [2.45, 2.75) is 26.3 Å². The van der Waals surface area contributed by atoms with Crippen LogP contribution in [-0.4, -0.2) is 28.4 Å². The molecule has 0 saturated heterocycles. The Balaban J connectivity index is 3.33. The minimum Gasteiger partial charge on any atom is -0.479 e.